The van der Waals surface area contributed by atoms with Gasteiger partial charge in [0.1, 0.15) is 0 Å². The first-order valence-corrected chi connectivity index (χ1v) is 6.81. The van der Waals surface area contributed by atoms with E-state index in [-0.39, 0.29) is 0 Å². The van der Waals surface area contributed by atoms with Crippen LogP contribution < -0.4 is 5.32 Å². The van der Waals surface area contributed by atoms with Gasteiger partial charge in [0.2, 0.25) is 0 Å². The second kappa shape index (κ2) is 5.99. The average Bonchev–Trinajstić information content (AvgIpc) is 2.30. The molecule has 2 aliphatic heterocycles. The molecule has 2 aliphatic rings. The summed E-state index contributed by atoms with van der Waals surface area (Å²) >= 11 is 0. The van der Waals surface area contributed by atoms with Crippen molar-refractivity contribution in [2.75, 3.05) is 32.8 Å². The van der Waals surface area contributed by atoms with Crippen LogP contribution in [0.1, 0.15) is 33.1 Å². The summed E-state index contributed by atoms with van der Waals surface area (Å²) in [6, 6.07) is 1.49. The van der Waals surface area contributed by atoms with E-state index < -0.39 is 0 Å². The lowest BCUT2D eigenvalue weighted by molar-refractivity contribution is 0.0221. The molecule has 2 fully saturated rings. The van der Waals surface area contributed by atoms with Gasteiger partial charge in [-0.3, -0.25) is 4.90 Å². The van der Waals surface area contributed by atoms with Gasteiger partial charge in [0.25, 0.3) is 0 Å². The molecule has 1 atom stereocenters. The number of rotatable bonds is 3. The molecule has 3 nitrogen and oxygen atoms in total. The molecule has 0 aromatic heterocycles. The van der Waals surface area contributed by atoms with Crippen LogP contribution in [0.4, 0.5) is 0 Å². The molecule has 0 saturated carbocycles. The van der Waals surface area contributed by atoms with Gasteiger partial charge >= 0.3 is 0 Å². The van der Waals surface area contributed by atoms with Crippen LogP contribution in [-0.4, -0.2) is 49.8 Å². The number of hydrogen-bond acceptors (Lipinski definition) is 3. The summed E-state index contributed by atoms with van der Waals surface area (Å²) in [5.74, 6) is 0.798. The fourth-order valence-electron chi connectivity index (χ4n) is 2.96. The van der Waals surface area contributed by atoms with Crippen LogP contribution in [-0.2, 0) is 4.74 Å². The maximum Gasteiger partial charge on any atom is 0.0480 e. The second-order valence-corrected chi connectivity index (χ2v) is 5.62. The van der Waals surface area contributed by atoms with E-state index >= 15 is 0 Å². The maximum absolute atomic E-state index is 5.44. The molecular formula is C13H26N2O. The molecule has 16 heavy (non-hydrogen) atoms. The zero-order valence-electron chi connectivity index (χ0n) is 10.7. The van der Waals surface area contributed by atoms with Gasteiger partial charge in [0.15, 0.2) is 0 Å². The van der Waals surface area contributed by atoms with Crippen molar-refractivity contribution in [3.05, 3.63) is 0 Å². The summed E-state index contributed by atoms with van der Waals surface area (Å²) in [5, 5.41) is 3.65. The number of piperazine rings is 1. The highest BCUT2D eigenvalue weighted by atomic mass is 16.5. The lowest BCUT2D eigenvalue weighted by atomic mass is 9.99. The van der Waals surface area contributed by atoms with Crippen molar-refractivity contribution in [3.63, 3.8) is 0 Å². The third-order valence-electron chi connectivity index (χ3n) is 3.75. The van der Waals surface area contributed by atoms with E-state index in [4.69, 9.17) is 4.74 Å². The van der Waals surface area contributed by atoms with E-state index in [1.165, 1.54) is 32.4 Å². The Hall–Kier alpha value is -0.120. The molecule has 1 N–H and O–H groups in total. The van der Waals surface area contributed by atoms with Crippen LogP contribution in [0.3, 0.4) is 0 Å². The minimum absolute atomic E-state index is 0.705. The lowest BCUT2D eigenvalue weighted by Gasteiger charge is -2.40. The Labute approximate surface area is 99.5 Å². The molecule has 0 amide bonds. The number of nitrogens with zero attached hydrogens (tertiary/aromatic N) is 1. The molecule has 0 bridgehead atoms. The molecule has 0 aromatic carbocycles. The van der Waals surface area contributed by atoms with Gasteiger partial charge in [-0.25, -0.2) is 0 Å². The van der Waals surface area contributed by atoms with Crippen molar-refractivity contribution in [3.8, 4) is 0 Å². The van der Waals surface area contributed by atoms with Crippen molar-refractivity contribution >= 4 is 0 Å². The smallest absolute Gasteiger partial charge is 0.0480 e. The third-order valence-corrected chi connectivity index (χ3v) is 3.75. The van der Waals surface area contributed by atoms with E-state index in [1.807, 2.05) is 0 Å². The highest BCUT2D eigenvalue weighted by molar-refractivity contribution is 4.84. The van der Waals surface area contributed by atoms with Crippen LogP contribution in [0.25, 0.3) is 0 Å². The lowest BCUT2D eigenvalue weighted by Crippen LogP contribution is -2.55. The minimum Gasteiger partial charge on any atom is -0.381 e. The van der Waals surface area contributed by atoms with Crippen LogP contribution in [0, 0.1) is 5.92 Å². The minimum atomic E-state index is 0.705. The van der Waals surface area contributed by atoms with Crippen molar-refractivity contribution in [2.24, 2.45) is 5.92 Å². The van der Waals surface area contributed by atoms with Crippen molar-refractivity contribution in [1.82, 2.24) is 10.2 Å². The van der Waals surface area contributed by atoms with Gasteiger partial charge in [-0.1, -0.05) is 13.8 Å². The van der Waals surface area contributed by atoms with E-state index in [9.17, 15) is 0 Å². The monoisotopic (exact) mass is 226 g/mol. The molecule has 0 aromatic rings. The molecule has 0 aliphatic carbocycles. The Morgan fingerprint density at radius 2 is 2.06 bits per heavy atom. The molecular weight excluding hydrogens is 200 g/mol. The number of hydrogen-bond donors (Lipinski definition) is 1. The highest BCUT2D eigenvalue weighted by Gasteiger charge is 2.26. The third kappa shape index (κ3) is 3.44. The normalized spacial score (nSPS) is 29.8. The first-order chi connectivity index (χ1) is 7.75. The zero-order valence-corrected chi connectivity index (χ0v) is 10.7. The summed E-state index contributed by atoms with van der Waals surface area (Å²) in [4.78, 5) is 2.69. The van der Waals surface area contributed by atoms with Gasteiger partial charge in [0, 0.05) is 44.9 Å². The van der Waals surface area contributed by atoms with Gasteiger partial charge in [-0.05, 0) is 25.2 Å². The van der Waals surface area contributed by atoms with Gasteiger partial charge in [-0.2, -0.15) is 0 Å². The fourth-order valence-corrected chi connectivity index (χ4v) is 2.96. The van der Waals surface area contributed by atoms with Crippen molar-refractivity contribution < 1.29 is 4.74 Å². The molecule has 1 unspecified atom stereocenters. The molecule has 0 spiro atoms. The van der Waals surface area contributed by atoms with Gasteiger partial charge < -0.3 is 10.1 Å². The number of ether oxygens (including phenoxy) is 1. The Balaban J connectivity index is 1.80. The first kappa shape index (κ1) is 12.3. The average molecular weight is 226 g/mol. The predicted octanol–water partition coefficient (Wildman–Crippen LogP) is 1.49. The molecule has 0 radical (unpaired) electrons. The summed E-state index contributed by atoms with van der Waals surface area (Å²) in [5.41, 5.74) is 0. The van der Waals surface area contributed by atoms with E-state index in [1.54, 1.807) is 0 Å². The Kier molecular flexibility index (Phi) is 4.62. The van der Waals surface area contributed by atoms with Crippen molar-refractivity contribution in [1.29, 1.82) is 0 Å². The fraction of sp³-hybridized carbons (Fsp3) is 1.00. The van der Waals surface area contributed by atoms with Crippen molar-refractivity contribution in [2.45, 2.75) is 45.2 Å². The SMILES string of the molecule is CC(C)CC1CN(C2CCOCC2)CCN1. The first-order valence-electron chi connectivity index (χ1n) is 6.81. The molecule has 3 heteroatoms. The Bertz CT molecular complexity index is 202. The van der Waals surface area contributed by atoms with Crippen LogP contribution in [0.2, 0.25) is 0 Å². The van der Waals surface area contributed by atoms with Gasteiger partial charge in [0.05, 0.1) is 0 Å². The van der Waals surface area contributed by atoms with E-state index in [0.717, 1.165) is 31.7 Å². The van der Waals surface area contributed by atoms with E-state index in [2.05, 4.69) is 24.1 Å². The van der Waals surface area contributed by atoms with Gasteiger partial charge in [-0.15, -0.1) is 0 Å². The molecule has 2 rings (SSSR count). The highest BCUT2D eigenvalue weighted by Crippen LogP contribution is 2.18. The van der Waals surface area contributed by atoms with Crippen LogP contribution >= 0.6 is 0 Å². The molecule has 94 valence electrons. The summed E-state index contributed by atoms with van der Waals surface area (Å²) in [7, 11) is 0. The summed E-state index contributed by atoms with van der Waals surface area (Å²) < 4.78 is 5.44. The molecule has 2 saturated heterocycles. The summed E-state index contributed by atoms with van der Waals surface area (Å²) in [6.07, 6.45) is 3.77. The Morgan fingerprint density at radius 3 is 2.75 bits per heavy atom. The molecule has 2 heterocycles. The number of nitrogens with one attached hydrogen (secondary N) is 1. The Morgan fingerprint density at radius 1 is 1.31 bits per heavy atom. The largest absolute Gasteiger partial charge is 0.381 e. The quantitative estimate of drug-likeness (QED) is 0.789. The predicted molar refractivity (Wildman–Crippen MR) is 66.7 cm³/mol. The van der Waals surface area contributed by atoms with Crippen LogP contribution in [0.15, 0.2) is 0 Å². The van der Waals surface area contributed by atoms with E-state index in [0.29, 0.717) is 6.04 Å². The zero-order chi connectivity index (χ0) is 11.4. The summed E-state index contributed by atoms with van der Waals surface area (Å²) in [6.45, 7) is 10.2. The maximum atomic E-state index is 5.44. The standard InChI is InChI=1S/C13H26N2O/c1-11(2)9-12-10-15(6-5-14-12)13-3-7-16-8-4-13/h11-14H,3-10H2,1-2H3. The topological polar surface area (TPSA) is 24.5 Å². The van der Waals surface area contributed by atoms with Crippen LogP contribution in [0.5, 0.6) is 0 Å². The second-order valence-electron chi connectivity index (χ2n) is 5.62.